The number of carbonyl (C=O) groups is 1. The molecule has 5 nitrogen and oxygen atoms in total. The van der Waals surface area contributed by atoms with Crippen LogP contribution in [0.25, 0.3) is 5.65 Å². The maximum atomic E-state index is 12.9. The molecule has 1 atom stereocenters. The van der Waals surface area contributed by atoms with E-state index in [1.807, 2.05) is 30.0 Å². The van der Waals surface area contributed by atoms with Crippen molar-refractivity contribution in [1.82, 2.24) is 14.6 Å². The molecule has 0 aliphatic carbocycles. The molecule has 0 bridgehead atoms. The Hall–Kier alpha value is -1.76. The molecule has 1 aliphatic rings. The smallest absolute Gasteiger partial charge is 0.240 e. The van der Waals surface area contributed by atoms with E-state index in [0.29, 0.717) is 27.4 Å². The van der Waals surface area contributed by atoms with E-state index < -0.39 is 0 Å². The fourth-order valence-electron chi connectivity index (χ4n) is 2.98. The molecule has 0 N–H and O–H groups in total. The summed E-state index contributed by atoms with van der Waals surface area (Å²) in [5.74, 6) is 0.0554. The molecule has 1 aromatic carbocycles. The predicted molar refractivity (Wildman–Crippen MR) is 101 cm³/mol. The van der Waals surface area contributed by atoms with Crippen LogP contribution in [0.5, 0.6) is 0 Å². The van der Waals surface area contributed by atoms with E-state index in [2.05, 4.69) is 16.3 Å². The van der Waals surface area contributed by atoms with E-state index in [1.54, 1.807) is 16.7 Å². The highest BCUT2D eigenvalue weighted by atomic mass is 35.5. The summed E-state index contributed by atoms with van der Waals surface area (Å²) in [7, 11) is 0. The number of amides is 1. The number of aromatic nitrogens is 3. The molecule has 0 spiro atoms. The van der Waals surface area contributed by atoms with Gasteiger partial charge < -0.3 is 4.90 Å². The molecular formula is C17H14Cl2N4OS. The number of benzene rings is 1. The minimum Gasteiger partial charge on any atom is -0.311 e. The van der Waals surface area contributed by atoms with Crippen LogP contribution in [0.4, 0.5) is 5.69 Å². The van der Waals surface area contributed by atoms with Gasteiger partial charge in [0, 0.05) is 18.4 Å². The van der Waals surface area contributed by atoms with E-state index in [9.17, 15) is 4.79 Å². The second kappa shape index (κ2) is 6.52. The SMILES string of the molecule is C[C@@H](Sc1nnc2c(Cl)cc(Cl)cn12)C(=O)N1CCc2ccccc21. The molecule has 3 heterocycles. The Labute approximate surface area is 158 Å². The number of pyridine rings is 1. The molecule has 4 rings (SSSR count). The Morgan fingerprint density at radius 1 is 1.28 bits per heavy atom. The molecule has 0 unspecified atom stereocenters. The standard InChI is InChI=1S/C17H14Cl2N4OS/c1-10(16(24)22-7-6-11-4-2-3-5-14(11)22)25-17-21-20-15-13(19)8-12(18)9-23(15)17/h2-5,8-10H,6-7H2,1H3/t10-/m1/s1. The average Bonchev–Trinajstić information content (AvgIpc) is 3.19. The van der Waals surface area contributed by atoms with Crippen LogP contribution in [0, 0.1) is 0 Å². The first kappa shape index (κ1) is 16.7. The first-order valence-electron chi connectivity index (χ1n) is 7.80. The number of para-hydroxylation sites is 1. The van der Waals surface area contributed by atoms with Crippen molar-refractivity contribution in [1.29, 1.82) is 0 Å². The van der Waals surface area contributed by atoms with Crippen LogP contribution in [0.2, 0.25) is 10.0 Å². The maximum absolute atomic E-state index is 12.9. The van der Waals surface area contributed by atoms with Gasteiger partial charge in [-0.05, 0) is 31.0 Å². The third kappa shape index (κ3) is 2.99. The molecule has 25 heavy (non-hydrogen) atoms. The lowest BCUT2D eigenvalue weighted by atomic mass is 10.2. The van der Waals surface area contributed by atoms with Crippen molar-refractivity contribution in [3.05, 3.63) is 52.1 Å². The Morgan fingerprint density at radius 2 is 2.08 bits per heavy atom. The quantitative estimate of drug-likeness (QED) is 0.629. The van der Waals surface area contributed by atoms with Crippen LogP contribution < -0.4 is 4.90 Å². The number of thioether (sulfide) groups is 1. The summed E-state index contributed by atoms with van der Waals surface area (Å²) < 4.78 is 1.72. The number of halogens is 2. The molecule has 0 fully saturated rings. The Bertz CT molecular complexity index is 974. The summed E-state index contributed by atoms with van der Waals surface area (Å²) in [5.41, 5.74) is 2.73. The number of nitrogens with zero attached hydrogens (tertiary/aromatic N) is 4. The molecule has 2 aromatic heterocycles. The topological polar surface area (TPSA) is 50.5 Å². The average molecular weight is 393 g/mol. The van der Waals surface area contributed by atoms with Crippen molar-refractivity contribution in [2.75, 3.05) is 11.4 Å². The Balaban J connectivity index is 1.59. The van der Waals surface area contributed by atoms with Gasteiger partial charge in [-0.25, -0.2) is 0 Å². The fraction of sp³-hybridized carbons (Fsp3) is 0.235. The van der Waals surface area contributed by atoms with Crippen molar-refractivity contribution in [3.8, 4) is 0 Å². The summed E-state index contributed by atoms with van der Waals surface area (Å²) in [4.78, 5) is 14.7. The van der Waals surface area contributed by atoms with Gasteiger partial charge in [-0.1, -0.05) is 53.2 Å². The number of hydrogen-bond acceptors (Lipinski definition) is 4. The summed E-state index contributed by atoms with van der Waals surface area (Å²) in [6.07, 6.45) is 2.59. The lowest BCUT2D eigenvalue weighted by molar-refractivity contribution is -0.117. The maximum Gasteiger partial charge on any atom is 0.240 e. The number of rotatable bonds is 3. The molecule has 0 saturated carbocycles. The van der Waals surface area contributed by atoms with Crippen molar-refractivity contribution < 1.29 is 4.79 Å². The predicted octanol–water partition coefficient (Wildman–Crippen LogP) is 4.11. The van der Waals surface area contributed by atoms with Gasteiger partial charge in [-0.2, -0.15) is 0 Å². The summed E-state index contributed by atoms with van der Waals surface area (Å²) in [5, 5.41) is 9.44. The summed E-state index contributed by atoms with van der Waals surface area (Å²) >= 11 is 13.6. The Kier molecular flexibility index (Phi) is 4.35. The van der Waals surface area contributed by atoms with Crippen LogP contribution in [0.15, 0.2) is 41.7 Å². The fourth-order valence-corrected chi connectivity index (χ4v) is 4.37. The van der Waals surface area contributed by atoms with Gasteiger partial charge in [0.15, 0.2) is 10.8 Å². The van der Waals surface area contributed by atoms with Gasteiger partial charge in [0.25, 0.3) is 0 Å². The van der Waals surface area contributed by atoms with Crippen LogP contribution in [0.3, 0.4) is 0 Å². The number of anilines is 1. The van der Waals surface area contributed by atoms with Crippen molar-refractivity contribution in [2.45, 2.75) is 23.8 Å². The van der Waals surface area contributed by atoms with Gasteiger partial charge in [0.2, 0.25) is 5.91 Å². The second-order valence-corrected chi connectivity index (χ2v) is 7.96. The molecule has 1 aliphatic heterocycles. The lowest BCUT2D eigenvalue weighted by Crippen LogP contribution is -2.35. The molecule has 128 valence electrons. The normalized spacial score (nSPS) is 14.8. The van der Waals surface area contributed by atoms with Gasteiger partial charge >= 0.3 is 0 Å². The molecule has 0 radical (unpaired) electrons. The zero-order chi connectivity index (χ0) is 17.6. The van der Waals surface area contributed by atoms with E-state index in [1.165, 1.54) is 17.3 Å². The van der Waals surface area contributed by atoms with Crippen LogP contribution in [-0.4, -0.2) is 32.3 Å². The summed E-state index contributed by atoms with van der Waals surface area (Å²) in [6, 6.07) is 9.64. The zero-order valence-electron chi connectivity index (χ0n) is 13.3. The van der Waals surface area contributed by atoms with Gasteiger partial charge in [-0.3, -0.25) is 9.20 Å². The highest BCUT2D eigenvalue weighted by Gasteiger charge is 2.29. The monoisotopic (exact) mass is 392 g/mol. The summed E-state index contributed by atoms with van der Waals surface area (Å²) in [6.45, 7) is 2.59. The van der Waals surface area contributed by atoms with E-state index in [0.717, 1.165) is 12.1 Å². The first-order chi connectivity index (χ1) is 12.0. The first-order valence-corrected chi connectivity index (χ1v) is 9.44. The van der Waals surface area contributed by atoms with Crippen molar-refractivity contribution in [2.24, 2.45) is 0 Å². The number of fused-ring (bicyclic) bond motifs is 2. The van der Waals surface area contributed by atoms with Crippen LogP contribution in [-0.2, 0) is 11.2 Å². The third-order valence-corrected chi connectivity index (χ3v) is 5.71. The number of hydrogen-bond donors (Lipinski definition) is 0. The van der Waals surface area contributed by atoms with Crippen molar-refractivity contribution in [3.63, 3.8) is 0 Å². The minimum absolute atomic E-state index is 0.0554. The molecule has 8 heteroatoms. The number of carbonyl (C=O) groups excluding carboxylic acids is 1. The highest BCUT2D eigenvalue weighted by Crippen LogP contribution is 2.32. The molecule has 1 amide bonds. The van der Waals surface area contributed by atoms with Crippen molar-refractivity contribution >= 4 is 52.2 Å². The van der Waals surface area contributed by atoms with Crippen LogP contribution >= 0.6 is 35.0 Å². The van der Waals surface area contributed by atoms with E-state index in [-0.39, 0.29) is 11.2 Å². The largest absolute Gasteiger partial charge is 0.311 e. The Morgan fingerprint density at radius 3 is 2.92 bits per heavy atom. The van der Waals surface area contributed by atoms with Crippen LogP contribution in [0.1, 0.15) is 12.5 Å². The van der Waals surface area contributed by atoms with Gasteiger partial charge in [0.05, 0.1) is 15.3 Å². The minimum atomic E-state index is -0.309. The van der Waals surface area contributed by atoms with Gasteiger partial charge in [-0.15, -0.1) is 10.2 Å². The second-order valence-electron chi connectivity index (χ2n) is 5.81. The third-order valence-electron chi connectivity index (χ3n) is 4.18. The van der Waals surface area contributed by atoms with E-state index in [4.69, 9.17) is 23.2 Å². The molecule has 3 aromatic rings. The lowest BCUT2D eigenvalue weighted by Gasteiger charge is -2.20. The van der Waals surface area contributed by atoms with Gasteiger partial charge in [0.1, 0.15) is 0 Å². The van der Waals surface area contributed by atoms with E-state index >= 15 is 0 Å². The highest BCUT2D eigenvalue weighted by molar-refractivity contribution is 8.00. The molecule has 0 saturated heterocycles. The molecular weight excluding hydrogens is 379 g/mol. The zero-order valence-corrected chi connectivity index (χ0v) is 15.6.